The summed E-state index contributed by atoms with van der Waals surface area (Å²) >= 11 is 13.1. The van der Waals surface area contributed by atoms with Crippen LogP contribution in [0.5, 0.6) is 0 Å². The summed E-state index contributed by atoms with van der Waals surface area (Å²) in [5, 5.41) is 9.33. The summed E-state index contributed by atoms with van der Waals surface area (Å²) < 4.78 is 19.4. The molecule has 0 fully saturated rings. The zero-order valence-electron chi connectivity index (χ0n) is 16.9. The molecule has 0 bridgehead atoms. The Labute approximate surface area is 200 Å². The summed E-state index contributed by atoms with van der Waals surface area (Å²) in [6.45, 7) is 1.74. The van der Waals surface area contributed by atoms with Gasteiger partial charge in [-0.1, -0.05) is 23.2 Å². The molecule has 33 heavy (non-hydrogen) atoms. The molecule has 0 saturated heterocycles. The molecular weight excluding hydrogens is 492 g/mol. The number of hydrogen-bond acceptors (Lipinski definition) is 6. The Morgan fingerprint density at radius 1 is 1.18 bits per heavy atom. The van der Waals surface area contributed by atoms with E-state index in [1.54, 1.807) is 6.92 Å². The number of halogens is 3. The summed E-state index contributed by atoms with van der Waals surface area (Å²) in [5.74, 6) is -1.81. The molecular formula is C22H14Cl2FN3O4S. The molecule has 0 unspecified atom stereocenters. The van der Waals surface area contributed by atoms with Crippen molar-refractivity contribution in [1.82, 2.24) is 9.78 Å². The molecule has 4 aromatic rings. The third-order valence-corrected chi connectivity index (χ3v) is 6.04. The largest absolute Gasteiger partial charge is 0.461 e. The third kappa shape index (κ3) is 4.47. The molecule has 0 aliphatic carbocycles. The predicted molar refractivity (Wildman–Crippen MR) is 126 cm³/mol. The number of nitrogens with zero attached hydrogens (tertiary/aromatic N) is 2. The number of aromatic nitrogens is 2. The van der Waals surface area contributed by atoms with Gasteiger partial charge in [0, 0.05) is 15.8 Å². The van der Waals surface area contributed by atoms with Crippen molar-refractivity contribution in [3.05, 3.63) is 85.3 Å². The molecule has 0 radical (unpaired) electrons. The smallest absolute Gasteiger partial charge is 0.359 e. The lowest BCUT2D eigenvalue weighted by molar-refractivity contribution is 0.0520. The van der Waals surface area contributed by atoms with Crippen LogP contribution in [0.25, 0.3) is 16.5 Å². The lowest BCUT2D eigenvalue weighted by Crippen LogP contribution is -2.25. The van der Waals surface area contributed by atoms with Crippen molar-refractivity contribution in [1.29, 1.82) is 0 Å². The van der Waals surface area contributed by atoms with Gasteiger partial charge in [-0.05, 0) is 49.4 Å². The molecule has 0 atom stereocenters. The second-order valence-corrected chi connectivity index (χ2v) is 8.42. The first-order chi connectivity index (χ1) is 15.8. The fourth-order valence-electron chi connectivity index (χ4n) is 3.09. The molecule has 0 aliphatic heterocycles. The van der Waals surface area contributed by atoms with Crippen molar-refractivity contribution in [2.24, 2.45) is 0 Å². The van der Waals surface area contributed by atoms with Crippen LogP contribution in [-0.2, 0) is 4.74 Å². The average molecular weight is 506 g/mol. The Balaban J connectivity index is 1.88. The van der Waals surface area contributed by atoms with Gasteiger partial charge in [0.25, 0.3) is 11.5 Å². The Morgan fingerprint density at radius 3 is 2.58 bits per heavy atom. The van der Waals surface area contributed by atoms with Crippen molar-refractivity contribution >= 4 is 62.2 Å². The number of carbonyl (C=O) groups is 2. The Hall–Kier alpha value is -3.27. The van der Waals surface area contributed by atoms with E-state index >= 15 is 0 Å². The van der Waals surface area contributed by atoms with Crippen LogP contribution >= 0.6 is 34.5 Å². The summed E-state index contributed by atoms with van der Waals surface area (Å²) in [6, 6.07) is 9.42. The number of nitrogens with one attached hydrogen (secondary N) is 1. The maximum Gasteiger partial charge on any atom is 0.359 e. The highest BCUT2D eigenvalue weighted by Crippen LogP contribution is 2.32. The zero-order valence-corrected chi connectivity index (χ0v) is 19.2. The van der Waals surface area contributed by atoms with Crippen LogP contribution in [-0.4, -0.2) is 28.3 Å². The first-order valence-corrected chi connectivity index (χ1v) is 11.2. The number of anilines is 1. The van der Waals surface area contributed by atoms with E-state index in [0.29, 0.717) is 5.02 Å². The van der Waals surface area contributed by atoms with Crippen molar-refractivity contribution in [2.75, 3.05) is 11.9 Å². The molecule has 168 valence electrons. The quantitative estimate of drug-likeness (QED) is 0.370. The maximum atomic E-state index is 13.4. The number of amides is 1. The van der Waals surface area contributed by atoms with Gasteiger partial charge in [0.2, 0.25) is 0 Å². The SMILES string of the molecule is CCOC(=O)c1nn(-c2ccc(F)cc2)c(=O)c2c(NC(=O)c3ccc(Cl)cc3Cl)scc12. The molecule has 0 saturated carbocycles. The van der Waals surface area contributed by atoms with Crippen LogP contribution in [0.1, 0.15) is 27.8 Å². The summed E-state index contributed by atoms with van der Waals surface area (Å²) in [5.41, 5.74) is -0.334. The predicted octanol–water partition coefficient (Wildman–Crippen LogP) is 5.32. The van der Waals surface area contributed by atoms with Crippen molar-refractivity contribution in [3.8, 4) is 5.69 Å². The van der Waals surface area contributed by atoms with E-state index in [1.165, 1.54) is 35.7 Å². The van der Waals surface area contributed by atoms with Crippen LogP contribution in [0.4, 0.5) is 9.39 Å². The van der Waals surface area contributed by atoms with Gasteiger partial charge in [-0.3, -0.25) is 9.59 Å². The number of esters is 1. The van der Waals surface area contributed by atoms with E-state index in [2.05, 4.69) is 10.4 Å². The minimum absolute atomic E-state index is 0.0563. The van der Waals surface area contributed by atoms with Crippen LogP contribution in [0.15, 0.2) is 52.6 Å². The second-order valence-electron chi connectivity index (χ2n) is 6.69. The average Bonchev–Trinajstić information content (AvgIpc) is 3.19. The Kier molecular flexibility index (Phi) is 6.46. The third-order valence-electron chi connectivity index (χ3n) is 4.60. The molecule has 0 aliphatic rings. The molecule has 1 amide bonds. The van der Waals surface area contributed by atoms with Gasteiger partial charge >= 0.3 is 5.97 Å². The standard InChI is InChI=1S/C22H14Cl2FN3O4S/c1-2-32-22(31)18-15-10-33-20(26-19(29)14-8-3-11(23)9-16(14)24)17(15)21(30)28(27-18)13-6-4-12(25)5-7-13/h3-10H,2H2,1H3,(H,26,29). The highest BCUT2D eigenvalue weighted by Gasteiger charge is 2.24. The van der Waals surface area contributed by atoms with Crippen LogP contribution in [0, 0.1) is 5.82 Å². The van der Waals surface area contributed by atoms with Gasteiger partial charge in [-0.25, -0.2) is 9.18 Å². The minimum atomic E-state index is -0.741. The lowest BCUT2D eigenvalue weighted by atomic mass is 10.2. The van der Waals surface area contributed by atoms with Crippen LogP contribution in [0.2, 0.25) is 10.0 Å². The molecule has 7 nitrogen and oxygen atoms in total. The molecule has 2 heterocycles. The van der Waals surface area contributed by atoms with Crippen LogP contribution < -0.4 is 10.9 Å². The van der Waals surface area contributed by atoms with Gasteiger partial charge in [-0.2, -0.15) is 9.78 Å². The van der Waals surface area contributed by atoms with Gasteiger partial charge in [-0.15, -0.1) is 11.3 Å². The van der Waals surface area contributed by atoms with E-state index < -0.39 is 23.3 Å². The van der Waals surface area contributed by atoms with E-state index in [9.17, 15) is 18.8 Å². The Bertz CT molecular complexity index is 1450. The number of thiophene rings is 1. The first-order valence-electron chi connectivity index (χ1n) is 9.54. The fourth-order valence-corrected chi connectivity index (χ4v) is 4.52. The summed E-state index contributed by atoms with van der Waals surface area (Å²) in [4.78, 5) is 38.7. The first kappa shape index (κ1) is 22.9. The normalized spacial score (nSPS) is 10.9. The van der Waals surface area contributed by atoms with Crippen molar-refractivity contribution in [2.45, 2.75) is 6.92 Å². The molecule has 11 heteroatoms. The van der Waals surface area contributed by atoms with E-state index in [4.69, 9.17) is 27.9 Å². The monoisotopic (exact) mass is 505 g/mol. The topological polar surface area (TPSA) is 90.3 Å². The summed E-state index contributed by atoms with van der Waals surface area (Å²) in [6.07, 6.45) is 0. The number of ether oxygens (including phenoxy) is 1. The van der Waals surface area contributed by atoms with E-state index in [-0.39, 0.29) is 44.3 Å². The van der Waals surface area contributed by atoms with Gasteiger partial charge in [0.1, 0.15) is 10.8 Å². The molecule has 1 N–H and O–H groups in total. The highest BCUT2D eigenvalue weighted by atomic mass is 35.5. The Morgan fingerprint density at radius 2 is 1.91 bits per heavy atom. The molecule has 2 aromatic carbocycles. The number of rotatable bonds is 5. The van der Waals surface area contributed by atoms with Crippen LogP contribution in [0.3, 0.4) is 0 Å². The van der Waals surface area contributed by atoms with Crippen molar-refractivity contribution in [3.63, 3.8) is 0 Å². The lowest BCUT2D eigenvalue weighted by Gasteiger charge is -2.10. The van der Waals surface area contributed by atoms with Crippen molar-refractivity contribution < 1.29 is 18.7 Å². The fraction of sp³-hybridized carbons (Fsp3) is 0.0909. The van der Waals surface area contributed by atoms with Gasteiger partial charge in [0.15, 0.2) is 5.69 Å². The van der Waals surface area contributed by atoms with E-state index in [1.807, 2.05) is 0 Å². The number of benzene rings is 2. The molecule has 4 rings (SSSR count). The van der Waals surface area contributed by atoms with Gasteiger partial charge in [0.05, 0.1) is 28.3 Å². The molecule has 2 aromatic heterocycles. The second kappa shape index (κ2) is 9.30. The van der Waals surface area contributed by atoms with E-state index in [0.717, 1.165) is 28.2 Å². The minimum Gasteiger partial charge on any atom is -0.461 e. The number of hydrogen-bond donors (Lipinski definition) is 1. The zero-order chi connectivity index (χ0) is 23.7. The number of carbonyl (C=O) groups excluding carboxylic acids is 2. The maximum absolute atomic E-state index is 13.4. The summed E-state index contributed by atoms with van der Waals surface area (Å²) in [7, 11) is 0. The highest BCUT2D eigenvalue weighted by molar-refractivity contribution is 7.16. The number of fused-ring (bicyclic) bond motifs is 1. The molecule has 0 spiro atoms. The van der Waals surface area contributed by atoms with Gasteiger partial charge < -0.3 is 10.1 Å².